The average Bonchev–Trinajstić information content (AvgIpc) is 1.80. The van der Waals surface area contributed by atoms with Crippen LogP contribution in [0.15, 0.2) is 34.2 Å². The van der Waals surface area contributed by atoms with E-state index in [-0.39, 0.29) is 100 Å². The molecule has 2 aliphatic rings. The normalized spacial score (nSPS) is 16.4. The molecule has 87 heavy (non-hydrogen) atoms. The molecule has 1 atom stereocenters. The fourth-order valence-corrected chi connectivity index (χ4v) is 11.6. The summed E-state index contributed by atoms with van der Waals surface area (Å²) < 4.78 is 54.6. The Morgan fingerprint density at radius 3 is 1.59 bits per heavy atom. The van der Waals surface area contributed by atoms with Gasteiger partial charge in [-0.3, -0.25) is 53.4 Å². The van der Waals surface area contributed by atoms with E-state index in [2.05, 4.69) is 25.7 Å². The van der Waals surface area contributed by atoms with Gasteiger partial charge in [0.1, 0.15) is 34.2 Å². The van der Waals surface area contributed by atoms with Gasteiger partial charge in [0.15, 0.2) is 0 Å². The van der Waals surface area contributed by atoms with Crippen LogP contribution in [0.25, 0.3) is 0 Å². The standard InChI is InChI=1S/C62H100N10O14S/c1-42-43(2)55(44(3)47-36-62(13,14)86-54(42)47)87(81,82)67-58(68(15)16)64-27-19-20-48(56(78)63-26-18-17-21-49(73)65-37-45-22-24-46(25-23-45)57(79)80)66-50(74)38-69-28-30-70(39-51(75)83-59(4,5)6)32-34-72(41-53(77)85-61(10,11)12)35-33-71(31-29-69)40-52(76)84-60(7,8)9/h22-25,48H,17-21,26-41H2,1-16H3,(H,63,78)(H,64,67)(H,65,73)(H,66,74)(H,79,80)/t48-/m0/s1. The van der Waals surface area contributed by atoms with Gasteiger partial charge < -0.3 is 44.9 Å². The van der Waals surface area contributed by atoms with Gasteiger partial charge in [-0.25, -0.2) is 17.9 Å². The maximum atomic E-state index is 14.4. The Balaban J connectivity index is 1.57. The molecule has 4 rings (SSSR count). The largest absolute Gasteiger partial charge is 0.487 e. The molecular weight excluding hydrogens is 1140 g/mol. The molecule has 488 valence electrons. The Morgan fingerprint density at radius 2 is 1.14 bits per heavy atom. The van der Waals surface area contributed by atoms with Crippen LogP contribution in [0.4, 0.5) is 0 Å². The summed E-state index contributed by atoms with van der Waals surface area (Å²) in [5.41, 5.74) is 0.931. The van der Waals surface area contributed by atoms with E-state index in [1.165, 1.54) is 12.1 Å². The molecule has 0 radical (unpaired) electrons. The highest BCUT2D eigenvalue weighted by Gasteiger charge is 2.37. The lowest BCUT2D eigenvalue weighted by Gasteiger charge is -2.34. The number of fused-ring (bicyclic) bond motifs is 1. The third-order valence-corrected chi connectivity index (χ3v) is 15.8. The summed E-state index contributed by atoms with van der Waals surface area (Å²) >= 11 is 0. The van der Waals surface area contributed by atoms with Crippen LogP contribution in [0, 0.1) is 20.8 Å². The SMILES string of the molecule is Cc1c(C)c(S(=O)(=O)NC(=NCCC[C@H](NC(=O)CN2CCN(CC(=O)OC(C)(C)C)CCN(CC(=O)OC(C)(C)C)CCN(CC(=O)OC(C)(C)C)CC2)C(=O)NCCCCC(=O)NCc2ccc(C(=O)O)cc2)N(C)C)c(C)c2c1OC(C)(C)C2. The highest BCUT2D eigenvalue weighted by atomic mass is 32.2. The third kappa shape index (κ3) is 26.1. The topological polar surface area (TPSA) is 287 Å². The summed E-state index contributed by atoms with van der Waals surface area (Å²) in [6, 6.07) is 5.14. The van der Waals surface area contributed by atoms with E-state index in [1.807, 2.05) is 40.4 Å². The summed E-state index contributed by atoms with van der Waals surface area (Å²) in [5, 5.41) is 17.9. The maximum absolute atomic E-state index is 14.4. The van der Waals surface area contributed by atoms with Crippen molar-refractivity contribution in [2.45, 2.75) is 175 Å². The van der Waals surface area contributed by atoms with Gasteiger partial charge in [0.05, 0.1) is 36.6 Å². The Kier molecular flexibility index (Phi) is 27.0. The lowest BCUT2D eigenvalue weighted by atomic mass is 9.94. The third-order valence-electron chi connectivity index (χ3n) is 14.2. The van der Waals surface area contributed by atoms with E-state index in [4.69, 9.17) is 18.9 Å². The minimum absolute atomic E-state index is 0.0300. The molecule has 2 aromatic carbocycles. The van der Waals surface area contributed by atoms with E-state index in [0.29, 0.717) is 75.4 Å². The molecule has 2 heterocycles. The number of carboxylic acid groups (broad SMARTS) is 1. The smallest absolute Gasteiger partial charge is 0.335 e. The minimum atomic E-state index is -4.16. The van der Waals surface area contributed by atoms with Gasteiger partial charge in [0, 0.05) is 104 Å². The number of ether oxygens (including phenoxy) is 4. The summed E-state index contributed by atoms with van der Waals surface area (Å²) in [6.07, 6.45) is 1.93. The molecule has 2 aromatic rings. The number of unbranched alkanes of at least 4 members (excludes halogenated alkanes) is 1. The van der Waals surface area contributed by atoms with Gasteiger partial charge >= 0.3 is 23.9 Å². The van der Waals surface area contributed by atoms with Crippen LogP contribution in [0.3, 0.4) is 0 Å². The second-order valence-corrected chi connectivity index (χ2v) is 28.0. The van der Waals surface area contributed by atoms with Crippen molar-refractivity contribution in [3.8, 4) is 5.75 Å². The molecule has 5 N–H and O–H groups in total. The van der Waals surface area contributed by atoms with Crippen molar-refractivity contribution < 1.29 is 66.0 Å². The first-order valence-corrected chi connectivity index (χ1v) is 31.6. The second kappa shape index (κ2) is 32.2. The molecule has 0 aromatic heterocycles. The van der Waals surface area contributed by atoms with E-state index < -0.39 is 74.2 Å². The molecular formula is C62H100N10O14S. The Labute approximate surface area is 516 Å². The number of aliphatic imine (C=N–C) groups is 1. The van der Waals surface area contributed by atoms with E-state index in [0.717, 1.165) is 16.7 Å². The molecule has 0 bridgehead atoms. The zero-order valence-electron chi connectivity index (χ0n) is 54.6. The van der Waals surface area contributed by atoms with E-state index in [1.54, 1.807) is 107 Å². The van der Waals surface area contributed by atoms with Crippen LogP contribution in [0.1, 0.15) is 146 Å². The first-order chi connectivity index (χ1) is 40.3. The summed E-state index contributed by atoms with van der Waals surface area (Å²) in [6.45, 7) is 28.1. The number of sulfonamides is 1. The predicted molar refractivity (Wildman–Crippen MR) is 332 cm³/mol. The van der Waals surface area contributed by atoms with Crippen LogP contribution in [0.5, 0.6) is 5.75 Å². The second-order valence-electron chi connectivity index (χ2n) is 26.4. The first kappa shape index (κ1) is 73.1. The van der Waals surface area contributed by atoms with Crippen LogP contribution in [0.2, 0.25) is 0 Å². The van der Waals surface area contributed by atoms with Crippen LogP contribution >= 0.6 is 0 Å². The molecule has 25 heteroatoms. The van der Waals surface area contributed by atoms with Crippen molar-refractivity contribution in [2.24, 2.45) is 4.99 Å². The number of hydrogen-bond acceptors (Lipinski definition) is 18. The lowest BCUT2D eigenvalue weighted by Crippen LogP contribution is -2.52. The number of nitrogens with zero attached hydrogens (tertiary/aromatic N) is 6. The number of carboxylic acids is 1. The number of guanidine groups is 1. The summed E-state index contributed by atoms with van der Waals surface area (Å²) in [4.78, 5) is 106. The molecule has 0 unspecified atom stereocenters. The summed E-state index contributed by atoms with van der Waals surface area (Å²) in [7, 11) is -0.829. The minimum Gasteiger partial charge on any atom is -0.487 e. The molecule has 3 amide bonds. The van der Waals surface area contributed by atoms with Gasteiger partial charge in [0.2, 0.25) is 23.7 Å². The monoisotopic (exact) mass is 1240 g/mol. The van der Waals surface area contributed by atoms with Crippen LogP contribution in [-0.4, -0.2) is 220 Å². The van der Waals surface area contributed by atoms with Crippen LogP contribution < -0.4 is 25.4 Å². The van der Waals surface area contributed by atoms with Gasteiger partial charge in [-0.2, -0.15) is 0 Å². The quantitative estimate of drug-likeness (QED) is 0.0321. The number of carbonyl (C=O) groups excluding carboxylic acids is 6. The fraction of sp³-hybridized carbons (Fsp3) is 0.677. The van der Waals surface area contributed by atoms with Crippen molar-refractivity contribution in [1.82, 2.24) is 45.2 Å². The van der Waals surface area contributed by atoms with Crippen molar-refractivity contribution in [3.05, 3.63) is 57.6 Å². The Morgan fingerprint density at radius 1 is 0.667 bits per heavy atom. The Bertz CT molecular complexity index is 2810. The van der Waals surface area contributed by atoms with Gasteiger partial charge in [0.25, 0.3) is 10.0 Å². The highest BCUT2D eigenvalue weighted by molar-refractivity contribution is 7.90. The van der Waals surface area contributed by atoms with Gasteiger partial charge in [-0.15, -0.1) is 0 Å². The van der Waals surface area contributed by atoms with Crippen molar-refractivity contribution >= 4 is 57.6 Å². The molecule has 0 saturated carbocycles. The first-order valence-electron chi connectivity index (χ1n) is 30.1. The number of esters is 3. The molecule has 24 nitrogen and oxygen atoms in total. The molecule has 1 saturated heterocycles. The lowest BCUT2D eigenvalue weighted by molar-refractivity contribution is -0.158. The average molecular weight is 1240 g/mol. The summed E-state index contributed by atoms with van der Waals surface area (Å²) in [5.74, 6) is -2.75. The van der Waals surface area contributed by atoms with Crippen molar-refractivity contribution in [3.63, 3.8) is 0 Å². The highest BCUT2D eigenvalue weighted by Crippen LogP contribution is 2.43. The van der Waals surface area contributed by atoms with Crippen molar-refractivity contribution in [2.75, 3.05) is 106 Å². The molecule has 1 fully saturated rings. The zero-order chi connectivity index (χ0) is 65.2. The molecule has 0 aliphatic carbocycles. The molecule has 2 aliphatic heterocycles. The predicted octanol–water partition coefficient (Wildman–Crippen LogP) is 4.33. The van der Waals surface area contributed by atoms with Crippen LogP contribution in [-0.2, 0) is 66.0 Å². The van der Waals surface area contributed by atoms with Crippen molar-refractivity contribution in [1.29, 1.82) is 0 Å². The number of hydrogen-bond donors (Lipinski definition) is 5. The maximum Gasteiger partial charge on any atom is 0.335 e. The zero-order valence-corrected chi connectivity index (χ0v) is 55.4. The van der Waals surface area contributed by atoms with E-state index in [9.17, 15) is 47.1 Å². The number of aromatic carboxylic acids is 1. The van der Waals surface area contributed by atoms with Gasteiger partial charge in [-0.05, 0) is 157 Å². The molecule has 0 spiro atoms. The van der Waals surface area contributed by atoms with E-state index >= 15 is 0 Å². The number of amides is 3. The Hall–Kier alpha value is -6.41. The number of rotatable bonds is 24. The number of benzene rings is 2. The number of nitrogens with one attached hydrogen (secondary N) is 4. The number of carbonyl (C=O) groups is 7. The fourth-order valence-electron chi connectivity index (χ4n) is 9.96. The van der Waals surface area contributed by atoms with Gasteiger partial charge in [-0.1, -0.05) is 12.1 Å².